The Bertz CT molecular complexity index is 1150. The van der Waals surface area contributed by atoms with E-state index in [1.165, 1.54) is 53.8 Å². The van der Waals surface area contributed by atoms with Crippen molar-refractivity contribution in [3.8, 4) is 0 Å². The van der Waals surface area contributed by atoms with E-state index in [0.29, 0.717) is 17.7 Å². The van der Waals surface area contributed by atoms with Crippen LogP contribution in [0.2, 0.25) is 0 Å². The van der Waals surface area contributed by atoms with E-state index in [9.17, 15) is 9.59 Å². The van der Waals surface area contributed by atoms with E-state index >= 15 is 0 Å². The van der Waals surface area contributed by atoms with Crippen molar-refractivity contribution < 1.29 is 0 Å². The molecule has 0 aliphatic heterocycles. The van der Waals surface area contributed by atoms with Gasteiger partial charge in [-0.1, -0.05) is 61.9 Å². The minimum atomic E-state index is -0.333. The van der Waals surface area contributed by atoms with Crippen LogP contribution in [0.4, 0.5) is 0 Å². The SMILES string of the molecule is Cc1cccc(Cn2c(CCCC3CCCC3)nc3c2c(=O)n(C)c(=O)n3C)c1. The molecule has 1 fully saturated rings. The standard InChI is InChI=1S/C23H30N4O2/c1-16-8-6-12-18(14-16)15-27-19(13-7-11-17-9-4-5-10-17)24-21-20(27)22(28)26(3)23(29)25(21)2/h6,8,12,14,17H,4-5,7,9-11,13,15H2,1-3H3. The lowest BCUT2D eigenvalue weighted by Crippen LogP contribution is -2.37. The smallest absolute Gasteiger partial charge is 0.318 e. The molecular formula is C23H30N4O2. The van der Waals surface area contributed by atoms with Crippen LogP contribution in [0.3, 0.4) is 0 Å². The van der Waals surface area contributed by atoms with Gasteiger partial charge in [-0.3, -0.25) is 13.9 Å². The Morgan fingerprint density at radius 1 is 1.10 bits per heavy atom. The Labute approximate surface area is 170 Å². The molecule has 2 heterocycles. The van der Waals surface area contributed by atoms with E-state index in [2.05, 4.69) is 25.1 Å². The van der Waals surface area contributed by atoms with Crippen molar-refractivity contribution >= 4 is 11.2 Å². The average molecular weight is 395 g/mol. The third kappa shape index (κ3) is 3.80. The van der Waals surface area contributed by atoms with Gasteiger partial charge in [-0.25, -0.2) is 9.78 Å². The molecule has 1 aromatic carbocycles. The van der Waals surface area contributed by atoms with Gasteiger partial charge in [0.05, 0.1) is 0 Å². The number of aryl methyl sites for hydroxylation is 3. The number of benzene rings is 1. The molecule has 0 radical (unpaired) electrons. The van der Waals surface area contributed by atoms with E-state index in [4.69, 9.17) is 4.98 Å². The molecule has 6 heteroatoms. The van der Waals surface area contributed by atoms with Crippen LogP contribution >= 0.6 is 0 Å². The Hall–Kier alpha value is -2.63. The summed E-state index contributed by atoms with van der Waals surface area (Å²) in [5.41, 5.74) is 2.73. The first kappa shape index (κ1) is 19.7. The fraction of sp³-hybridized carbons (Fsp3) is 0.522. The zero-order chi connectivity index (χ0) is 20.5. The van der Waals surface area contributed by atoms with Gasteiger partial charge in [0.15, 0.2) is 11.2 Å². The van der Waals surface area contributed by atoms with Gasteiger partial charge >= 0.3 is 5.69 Å². The van der Waals surface area contributed by atoms with Crippen LogP contribution < -0.4 is 11.2 Å². The number of aromatic nitrogens is 4. The summed E-state index contributed by atoms with van der Waals surface area (Å²) < 4.78 is 4.70. The second-order valence-corrected chi connectivity index (χ2v) is 8.52. The van der Waals surface area contributed by atoms with Gasteiger partial charge in [0.25, 0.3) is 5.56 Å². The van der Waals surface area contributed by atoms with Crippen LogP contribution in [0, 0.1) is 12.8 Å². The molecule has 0 N–H and O–H groups in total. The zero-order valence-corrected chi connectivity index (χ0v) is 17.6. The molecule has 3 aromatic rings. The highest BCUT2D eigenvalue weighted by Gasteiger charge is 2.20. The Kier molecular flexibility index (Phi) is 5.43. The van der Waals surface area contributed by atoms with Crippen molar-refractivity contribution in [3.05, 3.63) is 62.1 Å². The fourth-order valence-electron chi connectivity index (χ4n) is 4.69. The van der Waals surface area contributed by atoms with Crippen molar-refractivity contribution in [2.24, 2.45) is 20.0 Å². The minimum Gasteiger partial charge on any atom is -0.318 e. The number of hydrogen-bond acceptors (Lipinski definition) is 3. The predicted molar refractivity (Wildman–Crippen MR) is 115 cm³/mol. The highest BCUT2D eigenvalue weighted by atomic mass is 16.2. The van der Waals surface area contributed by atoms with Crippen molar-refractivity contribution in [2.75, 3.05) is 0 Å². The Morgan fingerprint density at radius 3 is 2.59 bits per heavy atom. The van der Waals surface area contributed by atoms with Gasteiger partial charge in [0.1, 0.15) is 5.82 Å². The molecule has 6 nitrogen and oxygen atoms in total. The molecule has 0 spiro atoms. The van der Waals surface area contributed by atoms with E-state index < -0.39 is 0 Å². The van der Waals surface area contributed by atoms with Gasteiger partial charge in [0, 0.05) is 27.1 Å². The van der Waals surface area contributed by atoms with Crippen LogP contribution in [0.1, 0.15) is 55.5 Å². The third-order valence-corrected chi connectivity index (χ3v) is 6.34. The lowest BCUT2D eigenvalue weighted by molar-refractivity contribution is 0.478. The largest absolute Gasteiger partial charge is 0.332 e. The topological polar surface area (TPSA) is 61.8 Å². The van der Waals surface area contributed by atoms with E-state index in [1.54, 1.807) is 7.05 Å². The van der Waals surface area contributed by atoms with Gasteiger partial charge in [-0.05, 0) is 24.8 Å². The normalized spacial score (nSPS) is 14.9. The molecule has 1 saturated carbocycles. The predicted octanol–water partition coefficient (Wildman–Crippen LogP) is 3.30. The van der Waals surface area contributed by atoms with Gasteiger partial charge in [0.2, 0.25) is 0 Å². The molecule has 1 aliphatic carbocycles. The number of imidazole rings is 1. The lowest BCUT2D eigenvalue weighted by atomic mass is 10.0. The summed E-state index contributed by atoms with van der Waals surface area (Å²) in [6.07, 6.45) is 8.50. The first-order valence-electron chi connectivity index (χ1n) is 10.7. The summed E-state index contributed by atoms with van der Waals surface area (Å²) in [6, 6.07) is 8.33. The van der Waals surface area contributed by atoms with E-state index in [1.807, 2.05) is 10.6 Å². The minimum absolute atomic E-state index is 0.273. The van der Waals surface area contributed by atoms with Crippen LogP contribution in [-0.2, 0) is 27.1 Å². The highest BCUT2D eigenvalue weighted by molar-refractivity contribution is 5.71. The summed E-state index contributed by atoms with van der Waals surface area (Å²) in [7, 11) is 3.23. The molecule has 29 heavy (non-hydrogen) atoms. The van der Waals surface area contributed by atoms with Crippen molar-refractivity contribution in [1.82, 2.24) is 18.7 Å². The molecular weight excluding hydrogens is 364 g/mol. The van der Waals surface area contributed by atoms with Gasteiger partial charge in [-0.15, -0.1) is 0 Å². The quantitative estimate of drug-likeness (QED) is 0.644. The number of nitrogens with zero attached hydrogens (tertiary/aromatic N) is 4. The molecule has 0 amide bonds. The van der Waals surface area contributed by atoms with Crippen LogP contribution in [0.25, 0.3) is 11.2 Å². The fourth-order valence-corrected chi connectivity index (χ4v) is 4.69. The molecule has 0 bridgehead atoms. The van der Waals surface area contributed by atoms with Crippen molar-refractivity contribution in [2.45, 2.75) is 58.4 Å². The summed E-state index contributed by atoms with van der Waals surface area (Å²) in [5, 5.41) is 0. The van der Waals surface area contributed by atoms with E-state index in [-0.39, 0.29) is 11.2 Å². The molecule has 154 valence electrons. The maximum Gasteiger partial charge on any atom is 0.332 e. The number of rotatable bonds is 6. The maximum atomic E-state index is 13.0. The number of hydrogen-bond donors (Lipinski definition) is 0. The molecule has 0 unspecified atom stereocenters. The van der Waals surface area contributed by atoms with Crippen LogP contribution in [0.15, 0.2) is 33.9 Å². The average Bonchev–Trinajstić information content (AvgIpc) is 3.33. The summed E-state index contributed by atoms with van der Waals surface area (Å²) >= 11 is 0. The first-order valence-corrected chi connectivity index (χ1v) is 10.7. The Morgan fingerprint density at radius 2 is 1.86 bits per heavy atom. The number of fused-ring (bicyclic) bond motifs is 1. The van der Waals surface area contributed by atoms with Crippen molar-refractivity contribution in [3.63, 3.8) is 0 Å². The lowest BCUT2D eigenvalue weighted by Gasteiger charge is -2.12. The second kappa shape index (κ2) is 8.01. The van der Waals surface area contributed by atoms with Crippen molar-refractivity contribution in [1.29, 1.82) is 0 Å². The highest BCUT2D eigenvalue weighted by Crippen LogP contribution is 2.29. The molecule has 4 rings (SSSR count). The maximum absolute atomic E-state index is 13.0. The van der Waals surface area contributed by atoms with Crippen LogP contribution in [0.5, 0.6) is 0 Å². The third-order valence-electron chi connectivity index (χ3n) is 6.34. The molecule has 2 aromatic heterocycles. The zero-order valence-electron chi connectivity index (χ0n) is 17.6. The van der Waals surface area contributed by atoms with Crippen LogP contribution in [-0.4, -0.2) is 18.7 Å². The van der Waals surface area contributed by atoms with Gasteiger partial charge < -0.3 is 4.57 Å². The van der Waals surface area contributed by atoms with Gasteiger partial charge in [-0.2, -0.15) is 0 Å². The Balaban J connectivity index is 1.75. The summed E-state index contributed by atoms with van der Waals surface area (Å²) in [6.45, 7) is 2.66. The van der Waals surface area contributed by atoms with E-state index in [0.717, 1.165) is 30.1 Å². The molecule has 0 atom stereocenters. The summed E-state index contributed by atoms with van der Waals surface area (Å²) in [4.78, 5) is 30.1. The first-order chi connectivity index (χ1) is 14.0. The summed E-state index contributed by atoms with van der Waals surface area (Å²) in [5.74, 6) is 1.74. The second-order valence-electron chi connectivity index (χ2n) is 8.52. The molecule has 1 aliphatic rings. The molecule has 0 saturated heterocycles. The monoisotopic (exact) mass is 394 g/mol.